The van der Waals surface area contributed by atoms with Gasteiger partial charge in [0.25, 0.3) is 0 Å². The van der Waals surface area contributed by atoms with E-state index < -0.39 is 36.0 Å². The number of rotatable bonds is 2. The van der Waals surface area contributed by atoms with Gasteiger partial charge in [-0.1, -0.05) is 0 Å². The van der Waals surface area contributed by atoms with Gasteiger partial charge in [0.15, 0.2) is 6.23 Å². The van der Waals surface area contributed by atoms with Gasteiger partial charge in [0.2, 0.25) is 5.91 Å². The maximum atomic E-state index is 11.0. The normalized spacial score (nSPS) is 34.8. The van der Waals surface area contributed by atoms with Crippen LogP contribution in [-0.2, 0) is 14.3 Å². The topological polar surface area (TPSA) is 116 Å². The van der Waals surface area contributed by atoms with Crippen LogP contribution in [0.2, 0.25) is 0 Å². The minimum absolute atomic E-state index is 0.0288. The predicted octanol–water partition coefficient (Wildman–Crippen LogP) is -1.68. The molecular formula is C8H14N2O4. The molecule has 0 aliphatic carbocycles. The van der Waals surface area contributed by atoms with Crippen LogP contribution in [-0.4, -0.2) is 29.3 Å². The van der Waals surface area contributed by atoms with Crippen LogP contribution in [0, 0.1) is 11.8 Å². The Bertz CT molecular complexity index is 254. The van der Waals surface area contributed by atoms with Gasteiger partial charge in [0, 0.05) is 5.92 Å². The molecule has 1 rings (SSSR count). The van der Waals surface area contributed by atoms with Crippen molar-refractivity contribution in [3.05, 3.63) is 0 Å². The Labute approximate surface area is 81.2 Å². The second kappa shape index (κ2) is 3.93. The van der Waals surface area contributed by atoms with E-state index in [0.717, 1.165) is 0 Å². The summed E-state index contributed by atoms with van der Waals surface area (Å²) in [4.78, 5) is 22.0. The molecule has 4 unspecified atom stereocenters. The number of aliphatic hydroxyl groups excluding tert-OH is 1. The second-order valence-electron chi connectivity index (χ2n) is 3.49. The summed E-state index contributed by atoms with van der Waals surface area (Å²) in [5.41, 5.74) is 10.6. The molecule has 6 heteroatoms. The average molecular weight is 202 g/mol. The van der Waals surface area contributed by atoms with Gasteiger partial charge in [-0.25, -0.2) is 0 Å². The monoisotopic (exact) mass is 202 g/mol. The molecule has 0 saturated carbocycles. The number of cyclic esters (lactones) is 1. The SMILES string of the molecule is CC(O)C1CC(=O)OC(N)C1C(N)=O. The smallest absolute Gasteiger partial charge is 0.307 e. The van der Waals surface area contributed by atoms with E-state index in [1.54, 1.807) is 0 Å². The highest BCUT2D eigenvalue weighted by Gasteiger charge is 2.42. The highest BCUT2D eigenvalue weighted by atomic mass is 16.6. The number of ether oxygens (including phenoxy) is 1. The number of hydrogen-bond acceptors (Lipinski definition) is 5. The number of nitrogens with two attached hydrogens (primary N) is 2. The summed E-state index contributed by atoms with van der Waals surface area (Å²) in [6.45, 7) is 1.49. The summed E-state index contributed by atoms with van der Waals surface area (Å²) in [6.07, 6.45) is -1.89. The zero-order valence-electron chi connectivity index (χ0n) is 7.84. The molecule has 0 aromatic carbocycles. The molecule has 0 aromatic rings. The summed E-state index contributed by atoms with van der Waals surface area (Å²) in [5, 5.41) is 9.36. The highest BCUT2D eigenvalue weighted by molar-refractivity contribution is 5.81. The number of aliphatic hydroxyl groups is 1. The van der Waals surface area contributed by atoms with Gasteiger partial charge in [0.1, 0.15) is 0 Å². The lowest BCUT2D eigenvalue weighted by atomic mass is 9.82. The van der Waals surface area contributed by atoms with Crippen molar-refractivity contribution < 1.29 is 19.4 Å². The van der Waals surface area contributed by atoms with Gasteiger partial charge in [-0.05, 0) is 6.92 Å². The van der Waals surface area contributed by atoms with Crippen LogP contribution in [0.4, 0.5) is 0 Å². The van der Waals surface area contributed by atoms with Gasteiger partial charge in [0.05, 0.1) is 18.4 Å². The number of carbonyl (C=O) groups is 2. The molecule has 80 valence electrons. The maximum absolute atomic E-state index is 11.0. The third-order valence-corrected chi connectivity index (χ3v) is 2.43. The van der Waals surface area contributed by atoms with Crippen LogP contribution in [0.25, 0.3) is 0 Å². The van der Waals surface area contributed by atoms with E-state index in [-0.39, 0.29) is 6.42 Å². The Kier molecular flexibility index (Phi) is 3.07. The van der Waals surface area contributed by atoms with Crippen LogP contribution >= 0.6 is 0 Å². The van der Waals surface area contributed by atoms with Gasteiger partial charge >= 0.3 is 5.97 Å². The number of hydrogen-bond donors (Lipinski definition) is 3. The van der Waals surface area contributed by atoms with E-state index in [9.17, 15) is 14.7 Å². The van der Waals surface area contributed by atoms with Gasteiger partial charge in [-0.15, -0.1) is 0 Å². The van der Waals surface area contributed by atoms with Crippen molar-refractivity contribution in [3.63, 3.8) is 0 Å². The summed E-state index contributed by atoms with van der Waals surface area (Å²) in [7, 11) is 0. The number of amides is 1. The summed E-state index contributed by atoms with van der Waals surface area (Å²) >= 11 is 0. The summed E-state index contributed by atoms with van der Waals surface area (Å²) in [5.74, 6) is -2.53. The third kappa shape index (κ3) is 2.02. The molecule has 1 aliphatic rings. The lowest BCUT2D eigenvalue weighted by Gasteiger charge is -2.34. The average Bonchev–Trinajstić information content (AvgIpc) is 2.01. The molecule has 1 aliphatic heterocycles. The lowest BCUT2D eigenvalue weighted by molar-refractivity contribution is -0.169. The fourth-order valence-corrected chi connectivity index (χ4v) is 1.68. The zero-order chi connectivity index (χ0) is 10.9. The second-order valence-corrected chi connectivity index (χ2v) is 3.49. The van der Waals surface area contributed by atoms with E-state index in [4.69, 9.17) is 11.5 Å². The van der Waals surface area contributed by atoms with Crippen LogP contribution in [0.1, 0.15) is 13.3 Å². The first-order chi connectivity index (χ1) is 6.43. The van der Waals surface area contributed by atoms with Crippen molar-refractivity contribution in [2.24, 2.45) is 23.3 Å². The predicted molar refractivity (Wildman–Crippen MR) is 46.5 cm³/mol. The number of esters is 1. The molecule has 0 bridgehead atoms. The van der Waals surface area contributed by atoms with Crippen molar-refractivity contribution >= 4 is 11.9 Å². The molecule has 6 nitrogen and oxygen atoms in total. The molecule has 1 heterocycles. The Morgan fingerprint density at radius 2 is 2.29 bits per heavy atom. The standard InChI is InChI=1S/C8H14N2O4/c1-3(11)4-2-5(12)14-8(10)6(4)7(9)13/h3-4,6,8,11H,2,10H2,1H3,(H2,9,13). The van der Waals surface area contributed by atoms with Crippen molar-refractivity contribution in [1.29, 1.82) is 0 Å². The van der Waals surface area contributed by atoms with Crippen LogP contribution in [0.15, 0.2) is 0 Å². The van der Waals surface area contributed by atoms with Crippen molar-refractivity contribution in [1.82, 2.24) is 0 Å². The number of carbonyl (C=O) groups excluding carboxylic acids is 2. The largest absolute Gasteiger partial charge is 0.446 e. The third-order valence-electron chi connectivity index (χ3n) is 2.43. The maximum Gasteiger partial charge on any atom is 0.307 e. The fraction of sp³-hybridized carbons (Fsp3) is 0.750. The molecule has 1 amide bonds. The van der Waals surface area contributed by atoms with Crippen molar-refractivity contribution in [2.75, 3.05) is 0 Å². The Morgan fingerprint density at radius 3 is 2.71 bits per heavy atom. The van der Waals surface area contributed by atoms with Crippen molar-refractivity contribution in [3.8, 4) is 0 Å². The number of primary amides is 1. The van der Waals surface area contributed by atoms with E-state index >= 15 is 0 Å². The molecule has 1 fully saturated rings. The summed E-state index contributed by atoms with van der Waals surface area (Å²) in [6, 6.07) is 0. The molecule has 14 heavy (non-hydrogen) atoms. The minimum Gasteiger partial charge on any atom is -0.446 e. The quantitative estimate of drug-likeness (QED) is 0.462. The molecule has 1 saturated heterocycles. The molecule has 0 radical (unpaired) electrons. The lowest BCUT2D eigenvalue weighted by Crippen LogP contribution is -2.52. The van der Waals surface area contributed by atoms with Gasteiger partial charge in [-0.2, -0.15) is 0 Å². The molecule has 5 N–H and O–H groups in total. The summed E-state index contributed by atoms with van der Waals surface area (Å²) < 4.78 is 4.67. The van der Waals surface area contributed by atoms with E-state index in [1.165, 1.54) is 6.92 Å². The zero-order valence-corrected chi connectivity index (χ0v) is 7.84. The van der Waals surface area contributed by atoms with Gasteiger partial charge < -0.3 is 15.6 Å². The Morgan fingerprint density at radius 1 is 1.71 bits per heavy atom. The van der Waals surface area contributed by atoms with Crippen molar-refractivity contribution in [2.45, 2.75) is 25.7 Å². The first-order valence-corrected chi connectivity index (χ1v) is 4.36. The first-order valence-electron chi connectivity index (χ1n) is 4.36. The van der Waals surface area contributed by atoms with Gasteiger partial charge in [-0.3, -0.25) is 15.3 Å². The first kappa shape index (κ1) is 10.9. The van der Waals surface area contributed by atoms with E-state index in [1.807, 2.05) is 0 Å². The minimum atomic E-state index is -1.05. The molecular weight excluding hydrogens is 188 g/mol. The van der Waals surface area contributed by atoms with Crippen LogP contribution in [0.3, 0.4) is 0 Å². The van der Waals surface area contributed by atoms with E-state index in [2.05, 4.69) is 4.74 Å². The van der Waals surface area contributed by atoms with Crippen LogP contribution in [0.5, 0.6) is 0 Å². The fourth-order valence-electron chi connectivity index (χ4n) is 1.68. The van der Waals surface area contributed by atoms with E-state index in [0.29, 0.717) is 0 Å². The Hall–Kier alpha value is -1.14. The van der Waals surface area contributed by atoms with Crippen LogP contribution < -0.4 is 11.5 Å². The Balaban J connectivity index is 2.86. The highest BCUT2D eigenvalue weighted by Crippen LogP contribution is 2.28. The molecule has 0 spiro atoms. The molecule has 0 aromatic heterocycles. The molecule has 4 atom stereocenters.